The van der Waals surface area contributed by atoms with Gasteiger partial charge in [0.25, 0.3) is 0 Å². The molecule has 0 N–H and O–H groups in total. The van der Waals surface area contributed by atoms with E-state index in [2.05, 4.69) is 0 Å². The van der Waals surface area contributed by atoms with Crippen LogP contribution in [-0.4, -0.2) is 43.7 Å². The Labute approximate surface area is 207 Å². The van der Waals surface area contributed by atoms with Crippen molar-refractivity contribution in [3.8, 4) is 0 Å². The smallest absolute Gasteiger partial charge is 0.243 e. The fraction of sp³-hybridized carbons (Fsp3) is 0.321. The number of aryl methyl sites for hydroxylation is 2. The summed E-state index contributed by atoms with van der Waals surface area (Å²) >= 11 is 0. The molecule has 0 spiro atoms. The van der Waals surface area contributed by atoms with Crippen molar-refractivity contribution < 1.29 is 17.6 Å². The molecular weight excluding hydrogens is 463 g/mol. The lowest BCUT2D eigenvalue weighted by Gasteiger charge is -2.36. The van der Waals surface area contributed by atoms with Crippen molar-refractivity contribution >= 4 is 15.9 Å². The van der Waals surface area contributed by atoms with E-state index in [-0.39, 0.29) is 23.7 Å². The number of hydrogen-bond donors (Lipinski definition) is 0. The monoisotopic (exact) mass is 494 g/mol. The van der Waals surface area contributed by atoms with Gasteiger partial charge in [0, 0.05) is 26.1 Å². The molecule has 35 heavy (non-hydrogen) atoms. The molecule has 1 aliphatic heterocycles. The molecule has 184 valence electrons. The predicted octanol–water partition coefficient (Wildman–Crippen LogP) is 5.09. The predicted molar refractivity (Wildman–Crippen MR) is 135 cm³/mol. The zero-order chi connectivity index (χ0) is 25.2. The second kappa shape index (κ2) is 10.3. The van der Waals surface area contributed by atoms with Crippen LogP contribution in [0.4, 0.5) is 4.39 Å². The van der Waals surface area contributed by atoms with E-state index >= 15 is 0 Å². The number of amides is 1. The summed E-state index contributed by atoms with van der Waals surface area (Å²) in [7, 11) is -1.85. The third-order valence-electron chi connectivity index (χ3n) is 6.79. The summed E-state index contributed by atoms with van der Waals surface area (Å²) in [5, 5.41) is 0. The van der Waals surface area contributed by atoms with Gasteiger partial charge in [-0.15, -0.1) is 0 Å². The van der Waals surface area contributed by atoms with E-state index in [0.717, 1.165) is 22.3 Å². The first-order valence-corrected chi connectivity index (χ1v) is 13.3. The highest BCUT2D eigenvalue weighted by molar-refractivity contribution is 7.89. The van der Waals surface area contributed by atoms with Gasteiger partial charge in [0.2, 0.25) is 15.9 Å². The summed E-state index contributed by atoms with van der Waals surface area (Å²) in [6.07, 6.45) is 0.913. The standard InChI is InChI=1S/C28H31FN2O3S/c1-20-9-14-26(21(2)19-20)35(33,34)31-17-15-24(16-18-31)28(32)30(3)27(22-7-5-4-6-8-22)23-10-12-25(29)13-11-23/h4-14,19,24,27H,15-18H2,1-3H3. The Kier molecular flexibility index (Phi) is 7.38. The second-order valence-electron chi connectivity index (χ2n) is 9.26. The van der Waals surface area contributed by atoms with E-state index < -0.39 is 10.0 Å². The molecule has 1 atom stereocenters. The number of carbonyl (C=O) groups is 1. The van der Waals surface area contributed by atoms with E-state index in [0.29, 0.717) is 30.8 Å². The lowest BCUT2D eigenvalue weighted by Crippen LogP contribution is -2.44. The molecule has 1 saturated heterocycles. The highest BCUT2D eigenvalue weighted by atomic mass is 32.2. The van der Waals surface area contributed by atoms with Crippen molar-refractivity contribution in [2.24, 2.45) is 5.92 Å². The molecule has 4 rings (SSSR count). The molecule has 5 nitrogen and oxygen atoms in total. The Morgan fingerprint density at radius 1 is 0.943 bits per heavy atom. The Morgan fingerprint density at radius 3 is 2.14 bits per heavy atom. The SMILES string of the molecule is Cc1ccc(S(=O)(=O)N2CCC(C(=O)N(C)C(c3ccccc3)c3ccc(F)cc3)CC2)c(C)c1. The Balaban J connectivity index is 1.51. The van der Waals surface area contributed by atoms with Crippen LogP contribution >= 0.6 is 0 Å². The van der Waals surface area contributed by atoms with Crippen molar-refractivity contribution in [1.29, 1.82) is 0 Å². The molecule has 1 heterocycles. The van der Waals surface area contributed by atoms with Gasteiger partial charge in [-0.2, -0.15) is 4.31 Å². The maximum absolute atomic E-state index is 13.6. The third kappa shape index (κ3) is 5.31. The first kappa shape index (κ1) is 25.1. The fourth-order valence-corrected chi connectivity index (χ4v) is 6.58. The van der Waals surface area contributed by atoms with Gasteiger partial charge >= 0.3 is 0 Å². The van der Waals surface area contributed by atoms with Gasteiger partial charge in [-0.3, -0.25) is 4.79 Å². The van der Waals surface area contributed by atoms with Crippen LogP contribution in [-0.2, 0) is 14.8 Å². The zero-order valence-electron chi connectivity index (χ0n) is 20.3. The lowest BCUT2D eigenvalue weighted by molar-refractivity contribution is -0.137. The minimum Gasteiger partial charge on any atom is -0.334 e. The van der Waals surface area contributed by atoms with Crippen LogP contribution in [0.15, 0.2) is 77.7 Å². The van der Waals surface area contributed by atoms with Crippen molar-refractivity contribution in [2.45, 2.75) is 37.6 Å². The molecule has 0 aliphatic carbocycles. The van der Waals surface area contributed by atoms with Crippen LogP contribution in [0, 0.1) is 25.6 Å². The number of piperidine rings is 1. The molecule has 7 heteroatoms. The van der Waals surface area contributed by atoms with E-state index in [1.165, 1.54) is 16.4 Å². The maximum atomic E-state index is 13.6. The number of nitrogens with zero attached hydrogens (tertiary/aromatic N) is 2. The summed E-state index contributed by atoms with van der Waals surface area (Å²) in [4.78, 5) is 15.6. The Hall–Kier alpha value is -3.03. The third-order valence-corrected chi connectivity index (χ3v) is 8.85. The number of carbonyl (C=O) groups excluding carboxylic acids is 1. The number of hydrogen-bond acceptors (Lipinski definition) is 3. The molecular formula is C28H31FN2O3S. The minimum absolute atomic E-state index is 0.0354. The zero-order valence-corrected chi connectivity index (χ0v) is 21.1. The fourth-order valence-electron chi connectivity index (χ4n) is 4.91. The largest absolute Gasteiger partial charge is 0.334 e. The summed E-state index contributed by atoms with van der Waals surface area (Å²) in [6, 6.07) is 20.9. The lowest BCUT2D eigenvalue weighted by atomic mass is 9.92. The van der Waals surface area contributed by atoms with Gasteiger partial charge < -0.3 is 4.90 Å². The summed E-state index contributed by atoms with van der Waals surface area (Å²) in [6.45, 7) is 4.34. The first-order valence-electron chi connectivity index (χ1n) is 11.8. The highest BCUT2D eigenvalue weighted by Crippen LogP contribution is 2.32. The molecule has 0 saturated carbocycles. The van der Waals surface area contributed by atoms with Gasteiger partial charge in [-0.05, 0) is 61.6 Å². The Morgan fingerprint density at radius 2 is 1.54 bits per heavy atom. The van der Waals surface area contributed by atoms with Crippen LogP contribution in [0.2, 0.25) is 0 Å². The van der Waals surface area contributed by atoms with Crippen LogP contribution in [0.5, 0.6) is 0 Å². The van der Waals surface area contributed by atoms with Gasteiger partial charge in [-0.25, -0.2) is 12.8 Å². The number of halogens is 1. The van der Waals surface area contributed by atoms with Crippen molar-refractivity contribution in [3.63, 3.8) is 0 Å². The molecule has 0 bridgehead atoms. The average molecular weight is 495 g/mol. The maximum Gasteiger partial charge on any atom is 0.243 e. The van der Waals surface area contributed by atoms with E-state index in [1.54, 1.807) is 30.1 Å². The first-order chi connectivity index (χ1) is 16.7. The molecule has 1 fully saturated rings. The van der Waals surface area contributed by atoms with Gasteiger partial charge in [-0.1, -0.05) is 60.2 Å². The number of rotatable bonds is 6. The number of sulfonamides is 1. The van der Waals surface area contributed by atoms with Crippen molar-refractivity contribution in [3.05, 3.63) is 101 Å². The summed E-state index contributed by atoms with van der Waals surface area (Å²) in [5.74, 6) is -0.643. The van der Waals surface area contributed by atoms with Gasteiger partial charge in [0.15, 0.2) is 0 Å². The molecule has 0 aromatic heterocycles. The van der Waals surface area contributed by atoms with Crippen LogP contribution in [0.3, 0.4) is 0 Å². The van der Waals surface area contributed by atoms with Crippen LogP contribution < -0.4 is 0 Å². The quantitative estimate of drug-likeness (QED) is 0.480. The second-order valence-corrected chi connectivity index (χ2v) is 11.2. The van der Waals surface area contributed by atoms with E-state index in [4.69, 9.17) is 0 Å². The van der Waals surface area contributed by atoms with E-state index in [1.807, 2.05) is 56.3 Å². The molecule has 1 amide bonds. The molecule has 3 aromatic rings. The minimum atomic E-state index is -3.61. The van der Waals surface area contributed by atoms with Crippen molar-refractivity contribution in [2.75, 3.05) is 20.1 Å². The van der Waals surface area contributed by atoms with Crippen LogP contribution in [0.25, 0.3) is 0 Å². The van der Waals surface area contributed by atoms with Gasteiger partial charge in [0.1, 0.15) is 5.82 Å². The summed E-state index contributed by atoms with van der Waals surface area (Å²) in [5.41, 5.74) is 3.50. The topological polar surface area (TPSA) is 57.7 Å². The average Bonchev–Trinajstić information content (AvgIpc) is 2.85. The van der Waals surface area contributed by atoms with Gasteiger partial charge in [0.05, 0.1) is 10.9 Å². The molecule has 0 radical (unpaired) electrons. The van der Waals surface area contributed by atoms with E-state index in [9.17, 15) is 17.6 Å². The number of benzene rings is 3. The van der Waals surface area contributed by atoms with Crippen molar-refractivity contribution in [1.82, 2.24) is 9.21 Å². The molecule has 1 unspecified atom stereocenters. The Bertz CT molecular complexity index is 1290. The normalized spacial score (nSPS) is 16.1. The molecule has 3 aromatic carbocycles. The van der Waals surface area contributed by atoms with Crippen LogP contribution in [0.1, 0.15) is 41.1 Å². The molecule has 1 aliphatic rings. The highest BCUT2D eigenvalue weighted by Gasteiger charge is 2.35. The summed E-state index contributed by atoms with van der Waals surface area (Å²) < 4.78 is 41.5.